The van der Waals surface area contributed by atoms with Crippen molar-refractivity contribution >= 4 is 28.3 Å². The Hall–Kier alpha value is -2.09. The van der Waals surface area contributed by atoms with Gasteiger partial charge in [-0.1, -0.05) is 0 Å². The van der Waals surface area contributed by atoms with Crippen LogP contribution in [-0.4, -0.2) is 21.2 Å². The van der Waals surface area contributed by atoms with Crippen LogP contribution in [0.5, 0.6) is 0 Å². The second-order valence-corrected chi connectivity index (χ2v) is 4.26. The van der Waals surface area contributed by atoms with Gasteiger partial charge in [-0.15, -0.1) is 11.3 Å². The number of nitrogens with one attached hydrogen (secondary N) is 4. The van der Waals surface area contributed by atoms with Crippen molar-refractivity contribution in [3.8, 4) is 0 Å². The third-order valence-corrected chi connectivity index (χ3v) is 2.51. The largest absolute Gasteiger partial charge is 0.326 e. The Morgan fingerprint density at radius 1 is 1.44 bits per heavy atom. The van der Waals surface area contributed by atoms with Gasteiger partial charge in [0.15, 0.2) is 5.13 Å². The van der Waals surface area contributed by atoms with Gasteiger partial charge >= 0.3 is 6.03 Å². The fourth-order valence-corrected chi connectivity index (χ4v) is 1.72. The number of aryl methyl sites for hydroxylation is 1. The Balaban J connectivity index is 1.96. The van der Waals surface area contributed by atoms with Crippen molar-refractivity contribution in [1.82, 2.24) is 15.2 Å². The van der Waals surface area contributed by atoms with Gasteiger partial charge in [0.1, 0.15) is 5.82 Å². The van der Waals surface area contributed by atoms with Gasteiger partial charge in [-0.25, -0.2) is 9.78 Å². The number of anilines is 2. The van der Waals surface area contributed by atoms with E-state index in [1.54, 1.807) is 6.20 Å². The van der Waals surface area contributed by atoms with E-state index in [9.17, 15) is 9.59 Å². The Kier molecular flexibility index (Phi) is 2.73. The molecular formula is C8H9N5O2S. The first-order chi connectivity index (χ1) is 7.63. The zero-order valence-corrected chi connectivity index (χ0v) is 9.14. The van der Waals surface area contributed by atoms with Crippen molar-refractivity contribution in [3.63, 3.8) is 0 Å². The van der Waals surface area contributed by atoms with Crippen LogP contribution >= 0.6 is 11.3 Å². The van der Waals surface area contributed by atoms with E-state index < -0.39 is 6.03 Å². The molecule has 0 aliphatic carbocycles. The molecule has 4 N–H and O–H groups in total. The van der Waals surface area contributed by atoms with Crippen LogP contribution in [0.1, 0.15) is 4.88 Å². The molecule has 0 spiro atoms. The molecule has 0 aliphatic heterocycles. The second-order valence-electron chi connectivity index (χ2n) is 3.03. The topological polar surface area (TPSA) is 103 Å². The molecule has 16 heavy (non-hydrogen) atoms. The van der Waals surface area contributed by atoms with E-state index in [1.165, 1.54) is 17.4 Å². The zero-order chi connectivity index (χ0) is 11.5. The lowest BCUT2D eigenvalue weighted by molar-refractivity contribution is 0.262. The van der Waals surface area contributed by atoms with E-state index in [4.69, 9.17) is 0 Å². The summed E-state index contributed by atoms with van der Waals surface area (Å²) in [6.07, 6.45) is 1.67. The third kappa shape index (κ3) is 2.48. The van der Waals surface area contributed by atoms with Crippen LogP contribution in [0.3, 0.4) is 0 Å². The molecule has 0 atom stereocenters. The van der Waals surface area contributed by atoms with Gasteiger partial charge in [0, 0.05) is 17.1 Å². The summed E-state index contributed by atoms with van der Waals surface area (Å²) in [5.74, 6) is 0.302. The average Bonchev–Trinajstić information content (AvgIpc) is 2.76. The molecule has 7 nitrogen and oxygen atoms in total. The van der Waals surface area contributed by atoms with Crippen LogP contribution in [0, 0.1) is 6.92 Å². The molecule has 0 saturated carbocycles. The van der Waals surface area contributed by atoms with Crippen molar-refractivity contribution in [1.29, 1.82) is 0 Å². The maximum Gasteiger partial charge on any atom is 0.326 e. The minimum atomic E-state index is -0.454. The number of carbonyl (C=O) groups is 1. The molecule has 2 heterocycles. The summed E-state index contributed by atoms with van der Waals surface area (Å²) in [6, 6.07) is 0.789. The molecule has 8 heteroatoms. The van der Waals surface area contributed by atoms with Crippen molar-refractivity contribution < 1.29 is 4.79 Å². The normalized spacial score (nSPS) is 10.1. The van der Waals surface area contributed by atoms with Gasteiger partial charge in [0.25, 0.3) is 5.56 Å². The number of amides is 2. The Morgan fingerprint density at radius 2 is 2.25 bits per heavy atom. The number of urea groups is 1. The average molecular weight is 239 g/mol. The first kappa shape index (κ1) is 10.4. The van der Waals surface area contributed by atoms with Crippen molar-refractivity contribution in [3.05, 3.63) is 27.5 Å². The van der Waals surface area contributed by atoms with E-state index in [-0.39, 0.29) is 5.56 Å². The number of hydrogen-bond donors (Lipinski definition) is 4. The summed E-state index contributed by atoms with van der Waals surface area (Å²) in [6.45, 7) is 1.89. The highest BCUT2D eigenvalue weighted by molar-refractivity contribution is 7.15. The van der Waals surface area contributed by atoms with Crippen molar-refractivity contribution in [2.75, 3.05) is 10.6 Å². The lowest BCUT2D eigenvalue weighted by atomic mass is 10.6. The highest BCUT2D eigenvalue weighted by Gasteiger charge is 2.06. The summed E-state index contributed by atoms with van der Waals surface area (Å²) < 4.78 is 0. The van der Waals surface area contributed by atoms with Gasteiger partial charge in [0.2, 0.25) is 0 Å². The van der Waals surface area contributed by atoms with Crippen LogP contribution in [0.25, 0.3) is 0 Å². The van der Waals surface area contributed by atoms with Crippen LogP contribution in [0.2, 0.25) is 0 Å². The van der Waals surface area contributed by atoms with Gasteiger partial charge in [-0.3, -0.25) is 25.6 Å². The number of rotatable bonds is 2. The SMILES string of the molecule is Cc1cnc(NC(=O)Nc2cc(=O)[nH][nH]2)s1. The molecule has 2 amide bonds. The maximum absolute atomic E-state index is 11.4. The Morgan fingerprint density at radius 3 is 2.81 bits per heavy atom. The van der Waals surface area contributed by atoms with E-state index in [0.717, 1.165) is 4.88 Å². The fraction of sp³-hybridized carbons (Fsp3) is 0.125. The van der Waals surface area contributed by atoms with Crippen LogP contribution in [0.15, 0.2) is 17.1 Å². The summed E-state index contributed by atoms with van der Waals surface area (Å²) in [5.41, 5.74) is -0.305. The van der Waals surface area contributed by atoms with Crippen LogP contribution < -0.4 is 16.2 Å². The zero-order valence-electron chi connectivity index (χ0n) is 8.33. The standard InChI is InChI=1S/C8H9N5O2S/c1-4-3-9-8(16-4)11-7(15)10-5-2-6(14)13-12-5/h2-3H,1H3,(H4,9,10,11,12,13,14,15). The molecule has 0 radical (unpaired) electrons. The summed E-state index contributed by atoms with van der Waals surface area (Å²) >= 11 is 1.37. The number of aromatic nitrogens is 3. The summed E-state index contributed by atoms with van der Waals surface area (Å²) in [5, 5.41) is 10.3. The highest BCUT2D eigenvalue weighted by Crippen LogP contribution is 2.16. The van der Waals surface area contributed by atoms with Gasteiger partial charge in [-0.2, -0.15) is 0 Å². The van der Waals surface area contributed by atoms with Crippen LogP contribution in [0.4, 0.5) is 15.7 Å². The third-order valence-electron chi connectivity index (χ3n) is 1.69. The van der Waals surface area contributed by atoms with Crippen molar-refractivity contribution in [2.45, 2.75) is 6.92 Å². The fourth-order valence-electron chi connectivity index (χ4n) is 1.06. The predicted molar refractivity (Wildman–Crippen MR) is 60.9 cm³/mol. The number of nitrogens with zero attached hydrogens (tertiary/aromatic N) is 1. The molecular weight excluding hydrogens is 230 g/mol. The second kappa shape index (κ2) is 4.19. The first-order valence-electron chi connectivity index (χ1n) is 4.41. The van der Waals surface area contributed by atoms with E-state index >= 15 is 0 Å². The summed E-state index contributed by atoms with van der Waals surface area (Å²) in [4.78, 5) is 27.1. The lowest BCUT2D eigenvalue weighted by Crippen LogP contribution is -2.19. The number of hydrogen-bond acceptors (Lipinski definition) is 4. The summed E-state index contributed by atoms with van der Waals surface area (Å²) in [7, 11) is 0. The minimum absolute atomic E-state index is 0.302. The molecule has 0 aliphatic rings. The highest BCUT2D eigenvalue weighted by atomic mass is 32.1. The Labute approximate surface area is 93.9 Å². The first-order valence-corrected chi connectivity index (χ1v) is 5.23. The van der Waals surface area contributed by atoms with Gasteiger partial charge in [0.05, 0.1) is 0 Å². The minimum Gasteiger partial charge on any atom is -0.292 e. The van der Waals surface area contributed by atoms with Gasteiger partial charge in [-0.05, 0) is 6.92 Å². The molecule has 2 aromatic rings. The van der Waals surface area contributed by atoms with E-state index in [1.807, 2.05) is 6.92 Å². The maximum atomic E-state index is 11.4. The molecule has 0 fully saturated rings. The number of thiazole rings is 1. The van der Waals surface area contributed by atoms with E-state index in [2.05, 4.69) is 25.8 Å². The molecule has 0 saturated heterocycles. The molecule has 0 unspecified atom stereocenters. The van der Waals surface area contributed by atoms with Gasteiger partial charge < -0.3 is 0 Å². The number of aromatic amines is 2. The monoisotopic (exact) mass is 239 g/mol. The smallest absolute Gasteiger partial charge is 0.292 e. The van der Waals surface area contributed by atoms with Crippen LogP contribution in [-0.2, 0) is 0 Å². The molecule has 84 valence electrons. The molecule has 2 aromatic heterocycles. The van der Waals surface area contributed by atoms with E-state index in [0.29, 0.717) is 10.9 Å². The molecule has 2 rings (SSSR count). The molecule has 0 aromatic carbocycles. The van der Waals surface area contributed by atoms with Crippen molar-refractivity contribution in [2.24, 2.45) is 0 Å². The number of H-pyrrole nitrogens is 2. The quantitative estimate of drug-likeness (QED) is 0.631. The lowest BCUT2D eigenvalue weighted by Gasteiger charge is -2.01. The Bertz CT molecular complexity index is 555. The molecule has 0 bridgehead atoms. The number of carbonyl (C=O) groups excluding carboxylic acids is 1. The predicted octanol–water partition coefficient (Wildman–Crippen LogP) is 1.11.